The van der Waals surface area contributed by atoms with Crippen molar-refractivity contribution < 1.29 is 4.74 Å². The van der Waals surface area contributed by atoms with Gasteiger partial charge in [-0.3, -0.25) is 9.88 Å². The Morgan fingerprint density at radius 2 is 1.74 bits per heavy atom. The van der Waals surface area contributed by atoms with Crippen molar-refractivity contribution in [2.24, 2.45) is 0 Å². The standard InChI is InChI=1S/C28H26N2O/c1-2-6-22-17-23(11-10-20(22)5-1)24-18-25-12-13-26(19-24)30(25)15-16-31-27-9-3-7-21-8-4-14-29-28(21)27/h1-11,14,17-18,25-26H,12-13,15-16,19H2. The highest BCUT2D eigenvalue weighted by Crippen LogP contribution is 2.39. The van der Waals surface area contributed by atoms with Crippen molar-refractivity contribution in [1.82, 2.24) is 9.88 Å². The third-order valence-corrected chi connectivity index (χ3v) is 6.86. The van der Waals surface area contributed by atoms with E-state index in [9.17, 15) is 0 Å². The van der Waals surface area contributed by atoms with Gasteiger partial charge in [0.2, 0.25) is 0 Å². The Hall–Kier alpha value is -3.17. The van der Waals surface area contributed by atoms with Crippen LogP contribution in [-0.2, 0) is 0 Å². The van der Waals surface area contributed by atoms with Gasteiger partial charge in [0.05, 0.1) is 0 Å². The van der Waals surface area contributed by atoms with Crippen LogP contribution >= 0.6 is 0 Å². The molecule has 1 saturated heterocycles. The monoisotopic (exact) mass is 406 g/mol. The molecule has 0 radical (unpaired) electrons. The summed E-state index contributed by atoms with van der Waals surface area (Å²) >= 11 is 0. The van der Waals surface area contributed by atoms with E-state index in [0.29, 0.717) is 18.7 Å². The van der Waals surface area contributed by atoms with Gasteiger partial charge in [-0.05, 0) is 59.4 Å². The van der Waals surface area contributed by atoms with Gasteiger partial charge in [-0.2, -0.15) is 0 Å². The van der Waals surface area contributed by atoms with E-state index >= 15 is 0 Å². The molecule has 31 heavy (non-hydrogen) atoms. The minimum Gasteiger partial charge on any atom is -0.490 e. The maximum Gasteiger partial charge on any atom is 0.145 e. The van der Waals surface area contributed by atoms with E-state index in [1.165, 1.54) is 34.8 Å². The fourth-order valence-electron chi connectivity index (χ4n) is 5.32. The number of hydrogen-bond acceptors (Lipinski definition) is 3. The second-order valence-corrected chi connectivity index (χ2v) is 8.67. The number of ether oxygens (including phenoxy) is 1. The quantitative estimate of drug-likeness (QED) is 0.401. The molecule has 4 aromatic rings. The maximum absolute atomic E-state index is 6.18. The van der Waals surface area contributed by atoms with Crippen LogP contribution in [0.1, 0.15) is 24.8 Å². The molecule has 2 aliphatic rings. The number of rotatable bonds is 5. The number of nitrogens with zero attached hydrogens (tertiary/aromatic N) is 2. The van der Waals surface area contributed by atoms with Crippen molar-refractivity contribution in [3.63, 3.8) is 0 Å². The van der Waals surface area contributed by atoms with Crippen LogP contribution in [0.15, 0.2) is 85.1 Å². The predicted molar refractivity (Wildman–Crippen MR) is 127 cm³/mol. The lowest BCUT2D eigenvalue weighted by atomic mass is 9.93. The molecule has 0 saturated carbocycles. The van der Waals surface area contributed by atoms with E-state index in [1.54, 1.807) is 0 Å². The fourth-order valence-corrected chi connectivity index (χ4v) is 5.32. The van der Waals surface area contributed by atoms with Crippen LogP contribution in [0.3, 0.4) is 0 Å². The molecule has 1 aromatic heterocycles. The molecular weight excluding hydrogens is 380 g/mol. The van der Waals surface area contributed by atoms with E-state index in [1.807, 2.05) is 24.4 Å². The highest BCUT2D eigenvalue weighted by atomic mass is 16.5. The van der Waals surface area contributed by atoms with Gasteiger partial charge in [0.25, 0.3) is 0 Å². The highest BCUT2D eigenvalue weighted by Gasteiger charge is 2.36. The number of hydrogen-bond donors (Lipinski definition) is 0. The van der Waals surface area contributed by atoms with Crippen molar-refractivity contribution in [2.45, 2.75) is 31.3 Å². The topological polar surface area (TPSA) is 25.4 Å². The lowest BCUT2D eigenvalue weighted by molar-refractivity contribution is 0.170. The third kappa shape index (κ3) is 3.49. The van der Waals surface area contributed by atoms with Gasteiger partial charge >= 0.3 is 0 Å². The van der Waals surface area contributed by atoms with Gasteiger partial charge in [-0.15, -0.1) is 0 Å². The molecule has 0 spiro atoms. The second kappa shape index (κ2) is 7.82. The summed E-state index contributed by atoms with van der Waals surface area (Å²) in [5, 5.41) is 3.76. The molecule has 3 nitrogen and oxygen atoms in total. The Bertz CT molecular complexity index is 1270. The average Bonchev–Trinajstić information content (AvgIpc) is 3.05. The molecule has 3 heteroatoms. The van der Waals surface area contributed by atoms with Gasteiger partial charge in [0.1, 0.15) is 17.9 Å². The molecule has 2 atom stereocenters. The lowest BCUT2D eigenvalue weighted by Gasteiger charge is -2.34. The van der Waals surface area contributed by atoms with Gasteiger partial charge in [0.15, 0.2) is 0 Å². The van der Waals surface area contributed by atoms with Crippen molar-refractivity contribution in [3.05, 3.63) is 90.6 Å². The summed E-state index contributed by atoms with van der Waals surface area (Å²) in [5.74, 6) is 0.884. The van der Waals surface area contributed by atoms with Crippen LogP contribution in [0.5, 0.6) is 5.75 Å². The van der Waals surface area contributed by atoms with Gasteiger partial charge in [-0.25, -0.2) is 0 Å². The van der Waals surface area contributed by atoms with Gasteiger partial charge in [-0.1, -0.05) is 60.7 Å². The first kappa shape index (κ1) is 18.6. The lowest BCUT2D eigenvalue weighted by Crippen LogP contribution is -2.40. The Morgan fingerprint density at radius 3 is 2.68 bits per heavy atom. The first-order valence-electron chi connectivity index (χ1n) is 11.3. The van der Waals surface area contributed by atoms with Crippen molar-refractivity contribution in [1.29, 1.82) is 0 Å². The third-order valence-electron chi connectivity index (χ3n) is 6.86. The highest BCUT2D eigenvalue weighted by molar-refractivity contribution is 5.86. The summed E-state index contributed by atoms with van der Waals surface area (Å²) in [4.78, 5) is 7.15. The zero-order valence-corrected chi connectivity index (χ0v) is 17.6. The molecule has 3 heterocycles. The molecule has 1 fully saturated rings. The normalized spacial score (nSPS) is 20.8. The minimum absolute atomic E-state index is 0.523. The first-order chi connectivity index (χ1) is 15.3. The van der Waals surface area contributed by atoms with Crippen LogP contribution in [0.25, 0.3) is 27.2 Å². The summed E-state index contributed by atoms with van der Waals surface area (Å²) in [6.07, 6.45) is 7.99. The van der Waals surface area contributed by atoms with E-state index < -0.39 is 0 Å². The molecule has 0 N–H and O–H groups in total. The molecule has 3 aromatic carbocycles. The van der Waals surface area contributed by atoms with Crippen molar-refractivity contribution in [3.8, 4) is 5.75 Å². The largest absolute Gasteiger partial charge is 0.490 e. The second-order valence-electron chi connectivity index (χ2n) is 8.67. The summed E-state index contributed by atoms with van der Waals surface area (Å²) in [5.41, 5.74) is 3.84. The van der Waals surface area contributed by atoms with E-state index in [-0.39, 0.29) is 0 Å². The minimum atomic E-state index is 0.523. The Labute approximate surface area is 183 Å². The van der Waals surface area contributed by atoms with Crippen molar-refractivity contribution in [2.75, 3.05) is 13.2 Å². The summed E-state index contributed by atoms with van der Waals surface area (Å²) in [7, 11) is 0. The summed E-state index contributed by atoms with van der Waals surface area (Å²) < 4.78 is 6.18. The molecular formula is C28H26N2O. The van der Waals surface area contributed by atoms with Crippen LogP contribution in [0.4, 0.5) is 0 Å². The zero-order valence-electron chi connectivity index (χ0n) is 17.6. The Balaban J connectivity index is 1.17. The average molecular weight is 407 g/mol. The number of benzene rings is 3. The molecule has 2 unspecified atom stereocenters. The number of aromatic nitrogens is 1. The first-order valence-corrected chi connectivity index (χ1v) is 11.3. The van der Waals surface area contributed by atoms with E-state index in [2.05, 4.69) is 70.6 Å². The summed E-state index contributed by atoms with van der Waals surface area (Å²) in [6, 6.07) is 26.9. The number of pyridine rings is 1. The predicted octanol–water partition coefficient (Wildman–Crippen LogP) is 6.09. The number of para-hydroxylation sites is 1. The molecule has 2 aliphatic heterocycles. The Kier molecular flexibility index (Phi) is 4.69. The zero-order chi connectivity index (χ0) is 20.6. The van der Waals surface area contributed by atoms with E-state index in [4.69, 9.17) is 4.74 Å². The number of fused-ring (bicyclic) bond motifs is 4. The van der Waals surface area contributed by atoms with Crippen LogP contribution in [0, 0.1) is 0 Å². The van der Waals surface area contributed by atoms with Gasteiger partial charge < -0.3 is 4.74 Å². The molecule has 154 valence electrons. The maximum atomic E-state index is 6.18. The fraction of sp³-hybridized carbons (Fsp3) is 0.250. The molecule has 6 rings (SSSR count). The van der Waals surface area contributed by atoms with Crippen LogP contribution in [-0.4, -0.2) is 35.1 Å². The van der Waals surface area contributed by atoms with E-state index in [0.717, 1.165) is 29.6 Å². The van der Waals surface area contributed by atoms with Crippen LogP contribution in [0.2, 0.25) is 0 Å². The molecule has 0 aliphatic carbocycles. The SMILES string of the molecule is C1=C(c2ccc3ccccc3c2)CC2CCC1N2CCOc1cccc2cccnc12. The molecule has 0 amide bonds. The molecule has 2 bridgehead atoms. The van der Waals surface area contributed by atoms with Crippen LogP contribution < -0.4 is 4.74 Å². The Morgan fingerprint density at radius 1 is 0.871 bits per heavy atom. The van der Waals surface area contributed by atoms with Gasteiger partial charge in [0, 0.05) is 30.2 Å². The summed E-state index contributed by atoms with van der Waals surface area (Å²) in [6.45, 7) is 1.65. The van der Waals surface area contributed by atoms with Crippen molar-refractivity contribution >= 4 is 27.2 Å². The smallest absolute Gasteiger partial charge is 0.145 e.